The molecule has 1 atom stereocenters. The van der Waals surface area contributed by atoms with Crippen molar-refractivity contribution in [3.05, 3.63) is 0 Å². The normalized spacial score (nSPS) is 26.6. The third-order valence-electron chi connectivity index (χ3n) is 3.29. The van der Waals surface area contributed by atoms with Gasteiger partial charge in [-0.3, -0.25) is 4.79 Å². The molecular formula is C10H17NO3. The van der Waals surface area contributed by atoms with E-state index in [0.717, 1.165) is 32.1 Å². The van der Waals surface area contributed by atoms with Crippen LogP contribution in [0.25, 0.3) is 0 Å². The van der Waals surface area contributed by atoms with Crippen LogP contribution in [0.3, 0.4) is 0 Å². The van der Waals surface area contributed by atoms with Gasteiger partial charge in [0.05, 0.1) is 5.60 Å². The predicted octanol–water partition coefficient (Wildman–Crippen LogP) is 0.354. The molecule has 2 fully saturated rings. The predicted molar refractivity (Wildman–Crippen MR) is 51.0 cm³/mol. The zero-order chi connectivity index (χ0) is 10.2. The Balaban J connectivity index is 1.79. The quantitative estimate of drug-likeness (QED) is 0.597. The summed E-state index contributed by atoms with van der Waals surface area (Å²) in [6, 6.07) is -0.445. The number of hydrogen-bond acceptors (Lipinski definition) is 3. The molecule has 0 aromatic carbocycles. The molecular weight excluding hydrogens is 182 g/mol. The molecule has 0 aromatic rings. The fourth-order valence-electron chi connectivity index (χ4n) is 1.95. The minimum atomic E-state index is -0.782. The highest BCUT2D eigenvalue weighted by atomic mass is 16.4. The van der Waals surface area contributed by atoms with Crippen LogP contribution in [0.5, 0.6) is 0 Å². The van der Waals surface area contributed by atoms with Gasteiger partial charge >= 0.3 is 5.97 Å². The van der Waals surface area contributed by atoms with E-state index in [1.807, 2.05) is 0 Å². The van der Waals surface area contributed by atoms with Crippen molar-refractivity contribution in [2.24, 2.45) is 5.92 Å². The van der Waals surface area contributed by atoms with Crippen molar-refractivity contribution >= 4 is 5.97 Å². The summed E-state index contributed by atoms with van der Waals surface area (Å²) >= 11 is 0. The molecule has 0 aromatic heterocycles. The van der Waals surface area contributed by atoms with Crippen molar-refractivity contribution in [3.63, 3.8) is 0 Å². The highest BCUT2D eigenvalue weighted by Gasteiger charge is 2.39. The number of carbonyl (C=O) groups is 1. The Morgan fingerprint density at radius 2 is 2.14 bits per heavy atom. The number of carboxylic acids is 1. The maximum Gasteiger partial charge on any atom is 0.320 e. The van der Waals surface area contributed by atoms with E-state index in [1.165, 1.54) is 0 Å². The molecule has 0 saturated heterocycles. The summed E-state index contributed by atoms with van der Waals surface area (Å²) in [5.74, 6) is -0.494. The van der Waals surface area contributed by atoms with E-state index < -0.39 is 17.6 Å². The number of hydrogen-bond donors (Lipinski definition) is 3. The standard InChI is InChI=1S/C10H17NO3/c12-9(13)8(7-2-3-7)11-6-10(14)4-1-5-10/h7-8,11,14H,1-6H2,(H,12,13). The zero-order valence-corrected chi connectivity index (χ0v) is 8.20. The molecule has 4 nitrogen and oxygen atoms in total. The van der Waals surface area contributed by atoms with E-state index in [9.17, 15) is 9.90 Å². The van der Waals surface area contributed by atoms with E-state index in [4.69, 9.17) is 5.11 Å². The van der Waals surface area contributed by atoms with Crippen molar-refractivity contribution in [1.29, 1.82) is 0 Å². The van der Waals surface area contributed by atoms with Gasteiger partial charge in [-0.25, -0.2) is 0 Å². The molecule has 2 aliphatic carbocycles. The van der Waals surface area contributed by atoms with Gasteiger partial charge < -0.3 is 15.5 Å². The molecule has 0 aliphatic heterocycles. The highest BCUT2D eigenvalue weighted by molar-refractivity contribution is 5.74. The van der Waals surface area contributed by atoms with Gasteiger partial charge in [0.25, 0.3) is 0 Å². The smallest absolute Gasteiger partial charge is 0.320 e. The van der Waals surface area contributed by atoms with E-state index in [-0.39, 0.29) is 5.92 Å². The minimum absolute atomic E-state index is 0.288. The summed E-state index contributed by atoms with van der Waals surface area (Å²) in [5, 5.41) is 21.7. The van der Waals surface area contributed by atoms with Crippen molar-refractivity contribution in [2.75, 3.05) is 6.54 Å². The minimum Gasteiger partial charge on any atom is -0.480 e. The molecule has 0 amide bonds. The van der Waals surface area contributed by atoms with Gasteiger partial charge in [-0.1, -0.05) is 0 Å². The first-order chi connectivity index (χ1) is 6.61. The average Bonchev–Trinajstić information content (AvgIpc) is 2.84. The van der Waals surface area contributed by atoms with E-state index in [0.29, 0.717) is 6.54 Å². The van der Waals surface area contributed by atoms with E-state index >= 15 is 0 Å². The van der Waals surface area contributed by atoms with Crippen LogP contribution in [0.2, 0.25) is 0 Å². The zero-order valence-electron chi connectivity index (χ0n) is 8.20. The summed E-state index contributed by atoms with van der Waals surface area (Å²) in [5.41, 5.74) is -0.622. The lowest BCUT2D eigenvalue weighted by Gasteiger charge is -2.37. The van der Waals surface area contributed by atoms with Crippen LogP contribution in [0.1, 0.15) is 32.1 Å². The van der Waals surface area contributed by atoms with Crippen LogP contribution in [0.4, 0.5) is 0 Å². The highest BCUT2D eigenvalue weighted by Crippen LogP contribution is 2.34. The lowest BCUT2D eigenvalue weighted by Crippen LogP contribution is -2.51. The Kier molecular flexibility index (Phi) is 2.49. The van der Waals surface area contributed by atoms with Gasteiger partial charge in [-0.15, -0.1) is 0 Å². The van der Waals surface area contributed by atoms with Crippen LogP contribution in [-0.4, -0.2) is 34.4 Å². The molecule has 80 valence electrons. The van der Waals surface area contributed by atoms with Crippen molar-refractivity contribution in [2.45, 2.75) is 43.7 Å². The Bertz CT molecular complexity index is 234. The largest absolute Gasteiger partial charge is 0.480 e. The van der Waals surface area contributed by atoms with Crippen molar-refractivity contribution < 1.29 is 15.0 Å². The van der Waals surface area contributed by atoms with Crippen molar-refractivity contribution in [3.8, 4) is 0 Å². The fraction of sp³-hybridized carbons (Fsp3) is 0.900. The molecule has 1 unspecified atom stereocenters. The number of carboxylic acid groups (broad SMARTS) is 1. The summed E-state index contributed by atoms with van der Waals surface area (Å²) in [7, 11) is 0. The van der Waals surface area contributed by atoms with Gasteiger partial charge in [-0.2, -0.15) is 0 Å². The van der Waals surface area contributed by atoms with Gasteiger partial charge in [0.2, 0.25) is 0 Å². The molecule has 0 heterocycles. The second kappa shape index (κ2) is 3.51. The van der Waals surface area contributed by atoms with Gasteiger partial charge in [0.1, 0.15) is 6.04 Å². The second-order valence-corrected chi connectivity index (χ2v) is 4.61. The maximum atomic E-state index is 10.9. The first kappa shape index (κ1) is 9.93. The lowest BCUT2D eigenvalue weighted by molar-refractivity contribution is -0.140. The maximum absolute atomic E-state index is 10.9. The third kappa shape index (κ3) is 2.07. The number of rotatable bonds is 5. The summed E-state index contributed by atoms with van der Waals surface area (Å²) in [4.78, 5) is 10.9. The second-order valence-electron chi connectivity index (χ2n) is 4.61. The first-order valence-corrected chi connectivity index (χ1v) is 5.29. The SMILES string of the molecule is O=C(O)C(NCC1(O)CCC1)C1CC1. The Hall–Kier alpha value is -0.610. The molecule has 2 saturated carbocycles. The third-order valence-corrected chi connectivity index (χ3v) is 3.29. The van der Waals surface area contributed by atoms with Crippen LogP contribution in [-0.2, 0) is 4.79 Å². The van der Waals surface area contributed by atoms with E-state index in [1.54, 1.807) is 0 Å². The van der Waals surface area contributed by atoms with Crippen LogP contribution in [0.15, 0.2) is 0 Å². The van der Waals surface area contributed by atoms with Gasteiger partial charge in [0.15, 0.2) is 0 Å². The molecule has 2 aliphatic rings. The molecule has 0 spiro atoms. The summed E-state index contributed by atoms with van der Waals surface area (Å²) < 4.78 is 0. The van der Waals surface area contributed by atoms with Crippen LogP contribution in [0, 0.1) is 5.92 Å². The molecule has 3 N–H and O–H groups in total. The summed E-state index contributed by atoms with van der Waals surface area (Å²) in [6.07, 6.45) is 4.66. The average molecular weight is 199 g/mol. The molecule has 2 rings (SSSR count). The van der Waals surface area contributed by atoms with Crippen molar-refractivity contribution in [1.82, 2.24) is 5.32 Å². The molecule has 0 radical (unpaired) electrons. The number of aliphatic hydroxyl groups is 1. The summed E-state index contributed by atoms with van der Waals surface area (Å²) in [6.45, 7) is 0.431. The van der Waals surface area contributed by atoms with E-state index in [2.05, 4.69) is 5.32 Å². The number of aliphatic carboxylic acids is 1. The first-order valence-electron chi connectivity index (χ1n) is 5.29. The van der Waals surface area contributed by atoms with Gasteiger partial charge in [-0.05, 0) is 38.0 Å². The number of nitrogens with one attached hydrogen (secondary N) is 1. The molecule has 14 heavy (non-hydrogen) atoms. The van der Waals surface area contributed by atoms with Crippen LogP contribution >= 0.6 is 0 Å². The Morgan fingerprint density at radius 1 is 1.50 bits per heavy atom. The lowest BCUT2D eigenvalue weighted by atomic mass is 9.80. The molecule has 0 bridgehead atoms. The topological polar surface area (TPSA) is 69.6 Å². The Morgan fingerprint density at radius 3 is 2.50 bits per heavy atom. The Labute approximate surface area is 83.3 Å². The molecule has 4 heteroatoms. The van der Waals surface area contributed by atoms with Gasteiger partial charge in [0, 0.05) is 6.54 Å². The monoisotopic (exact) mass is 199 g/mol. The fourth-order valence-corrected chi connectivity index (χ4v) is 1.95. The van der Waals surface area contributed by atoms with Crippen LogP contribution < -0.4 is 5.32 Å².